The van der Waals surface area contributed by atoms with Crippen molar-refractivity contribution in [2.75, 3.05) is 25.5 Å². The second kappa shape index (κ2) is 7.09. The van der Waals surface area contributed by atoms with E-state index in [0.717, 1.165) is 6.42 Å². The van der Waals surface area contributed by atoms with Crippen molar-refractivity contribution in [3.63, 3.8) is 0 Å². The van der Waals surface area contributed by atoms with Gasteiger partial charge in [-0.15, -0.1) is 0 Å². The van der Waals surface area contributed by atoms with Crippen molar-refractivity contribution < 1.29 is 5.11 Å². The summed E-state index contributed by atoms with van der Waals surface area (Å²) in [4.78, 5) is 2.09. The average Bonchev–Trinajstić information content (AvgIpc) is 2.34. The van der Waals surface area contributed by atoms with Crippen LogP contribution in [0.5, 0.6) is 0 Å². The third-order valence-corrected chi connectivity index (χ3v) is 3.42. The van der Waals surface area contributed by atoms with E-state index in [1.165, 1.54) is 11.3 Å². The zero-order valence-corrected chi connectivity index (χ0v) is 13.8. The number of benzene rings is 1. The summed E-state index contributed by atoms with van der Waals surface area (Å²) >= 11 is 0. The van der Waals surface area contributed by atoms with Gasteiger partial charge in [0.05, 0.1) is 6.10 Å². The maximum atomic E-state index is 10.0. The Morgan fingerprint density at radius 2 is 1.70 bits per heavy atom. The molecule has 0 aliphatic carbocycles. The van der Waals surface area contributed by atoms with Crippen LogP contribution in [0.3, 0.4) is 0 Å². The normalized spacial score (nSPS) is 14.9. The van der Waals surface area contributed by atoms with Crippen molar-refractivity contribution >= 4 is 5.69 Å². The molecular weight excluding hydrogens is 248 g/mol. The van der Waals surface area contributed by atoms with Gasteiger partial charge >= 0.3 is 0 Å². The van der Waals surface area contributed by atoms with Crippen LogP contribution >= 0.6 is 0 Å². The van der Waals surface area contributed by atoms with Crippen LogP contribution in [-0.2, 0) is 0 Å². The Hall–Kier alpha value is -1.06. The molecule has 0 aliphatic heterocycles. The van der Waals surface area contributed by atoms with Crippen LogP contribution in [0.4, 0.5) is 5.69 Å². The van der Waals surface area contributed by atoms with E-state index in [0.29, 0.717) is 6.54 Å². The molecule has 3 nitrogen and oxygen atoms in total. The fourth-order valence-electron chi connectivity index (χ4n) is 2.27. The first-order valence-corrected chi connectivity index (χ1v) is 7.38. The molecule has 0 spiro atoms. The maximum absolute atomic E-state index is 10.0. The molecule has 0 heterocycles. The van der Waals surface area contributed by atoms with Crippen LogP contribution in [-0.4, -0.2) is 31.9 Å². The smallest absolute Gasteiger partial charge is 0.0669 e. The molecule has 0 saturated carbocycles. The Morgan fingerprint density at radius 3 is 2.15 bits per heavy atom. The molecule has 0 saturated heterocycles. The molecule has 2 N–H and O–H groups in total. The first-order chi connectivity index (χ1) is 9.19. The second-order valence-corrected chi connectivity index (χ2v) is 7.03. The first kappa shape index (κ1) is 17.0. The van der Waals surface area contributed by atoms with Crippen LogP contribution in [0.25, 0.3) is 0 Å². The molecule has 0 radical (unpaired) electrons. The highest BCUT2D eigenvalue weighted by atomic mass is 16.3. The van der Waals surface area contributed by atoms with Crippen molar-refractivity contribution in [3.05, 3.63) is 29.8 Å². The molecule has 2 unspecified atom stereocenters. The lowest BCUT2D eigenvalue weighted by Crippen LogP contribution is -2.31. The summed E-state index contributed by atoms with van der Waals surface area (Å²) < 4.78 is 0. The van der Waals surface area contributed by atoms with Crippen molar-refractivity contribution in [2.24, 2.45) is 5.41 Å². The predicted octanol–water partition coefficient (Wildman–Crippen LogP) is 3.20. The molecule has 0 fully saturated rings. The van der Waals surface area contributed by atoms with Crippen molar-refractivity contribution in [1.82, 2.24) is 5.32 Å². The van der Waals surface area contributed by atoms with Crippen molar-refractivity contribution in [2.45, 2.75) is 46.3 Å². The number of aliphatic hydroxyl groups excluding tert-OH is 1. The number of rotatable bonds is 6. The fraction of sp³-hybridized carbons (Fsp3) is 0.647. The van der Waals surface area contributed by atoms with Crippen LogP contribution in [0.2, 0.25) is 0 Å². The van der Waals surface area contributed by atoms with E-state index in [1.54, 1.807) is 0 Å². The topological polar surface area (TPSA) is 35.5 Å². The highest BCUT2D eigenvalue weighted by Gasteiger charge is 2.17. The molecule has 1 rings (SSSR count). The molecule has 0 aromatic heterocycles. The monoisotopic (exact) mass is 278 g/mol. The van der Waals surface area contributed by atoms with Gasteiger partial charge in [-0.25, -0.2) is 0 Å². The Balaban J connectivity index is 2.48. The summed E-state index contributed by atoms with van der Waals surface area (Å²) in [5.74, 6) is 0. The number of nitrogens with zero attached hydrogens (tertiary/aromatic N) is 1. The Morgan fingerprint density at radius 1 is 1.15 bits per heavy atom. The summed E-state index contributed by atoms with van der Waals surface area (Å²) in [7, 11) is 4.08. The van der Waals surface area contributed by atoms with E-state index in [1.807, 2.05) is 14.1 Å². The minimum atomic E-state index is -0.293. The highest BCUT2D eigenvalue weighted by Crippen LogP contribution is 2.21. The molecule has 1 aromatic rings. The lowest BCUT2D eigenvalue weighted by molar-refractivity contribution is 0.117. The first-order valence-electron chi connectivity index (χ1n) is 7.38. The van der Waals surface area contributed by atoms with Crippen LogP contribution in [0, 0.1) is 5.41 Å². The number of hydrogen-bond donors (Lipinski definition) is 2. The summed E-state index contributed by atoms with van der Waals surface area (Å²) in [6.07, 6.45) is 0.519. The van der Waals surface area contributed by atoms with Gasteiger partial charge in [0.2, 0.25) is 0 Å². The van der Waals surface area contributed by atoms with Gasteiger partial charge in [0, 0.05) is 32.4 Å². The molecular formula is C17H30N2O. The molecule has 0 amide bonds. The molecule has 114 valence electrons. The lowest BCUT2D eigenvalue weighted by Gasteiger charge is -2.24. The number of hydrogen-bond acceptors (Lipinski definition) is 3. The maximum Gasteiger partial charge on any atom is 0.0669 e. The fourth-order valence-corrected chi connectivity index (χ4v) is 2.27. The summed E-state index contributed by atoms with van der Waals surface area (Å²) in [5.41, 5.74) is 2.62. The van der Waals surface area contributed by atoms with Crippen molar-refractivity contribution in [3.8, 4) is 0 Å². The third-order valence-electron chi connectivity index (χ3n) is 3.42. The Labute approximate surface area is 124 Å². The zero-order chi connectivity index (χ0) is 15.3. The molecule has 0 aliphatic rings. The highest BCUT2D eigenvalue weighted by molar-refractivity contribution is 5.46. The van der Waals surface area contributed by atoms with Crippen LogP contribution in [0.15, 0.2) is 24.3 Å². The average molecular weight is 278 g/mol. The Bertz CT molecular complexity index is 392. The minimum Gasteiger partial charge on any atom is -0.392 e. The summed E-state index contributed by atoms with van der Waals surface area (Å²) in [5, 5.41) is 13.4. The third kappa shape index (κ3) is 5.93. The van der Waals surface area contributed by atoms with Gasteiger partial charge < -0.3 is 15.3 Å². The zero-order valence-electron chi connectivity index (χ0n) is 13.8. The van der Waals surface area contributed by atoms with Gasteiger partial charge in [0.1, 0.15) is 0 Å². The van der Waals surface area contributed by atoms with E-state index >= 15 is 0 Å². The van der Waals surface area contributed by atoms with Gasteiger partial charge in [-0.3, -0.25) is 0 Å². The molecule has 3 heteroatoms. The minimum absolute atomic E-state index is 0.164. The SMILES string of the molecule is CC(NCC(O)CC(C)(C)C)c1ccc(N(C)C)cc1. The van der Waals surface area contributed by atoms with Gasteiger partial charge in [-0.2, -0.15) is 0 Å². The number of anilines is 1. The summed E-state index contributed by atoms with van der Waals surface area (Å²) in [6.45, 7) is 9.22. The Kier molecular flexibility index (Phi) is 6.03. The van der Waals surface area contributed by atoms with Gasteiger partial charge in [-0.1, -0.05) is 32.9 Å². The second-order valence-electron chi connectivity index (χ2n) is 7.03. The molecule has 20 heavy (non-hydrogen) atoms. The molecule has 2 atom stereocenters. The van der Waals surface area contributed by atoms with E-state index in [9.17, 15) is 5.11 Å². The van der Waals surface area contributed by atoms with E-state index in [-0.39, 0.29) is 17.6 Å². The standard InChI is InChI=1S/C17H30N2O/c1-13(18-12-16(20)11-17(2,3)4)14-7-9-15(10-8-14)19(5)6/h7-10,13,16,18,20H,11-12H2,1-6H3. The predicted molar refractivity (Wildman–Crippen MR) is 87.3 cm³/mol. The van der Waals surface area contributed by atoms with E-state index < -0.39 is 0 Å². The van der Waals surface area contributed by atoms with E-state index in [4.69, 9.17) is 0 Å². The lowest BCUT2D eigenvalue weighted by atomic mass is 9.89. The summed E-state index contributed by atoms with van der Waals surface area (Å²) in [6, 6.07) is 8.78. The van der Waals surface area contributed by atoms with E-state index in [2.05, 4.69) is 62.2 Å². The van der Waals surface area contributed by atoms with Gasteiger partial charge in [0.25, 0.3) is 0 Å². The van der Waals surface area contributed by atoms with Crippen LogP contribution < -0.4 is 10.2 Å². The molecule has 1 aromatic carbocycles. The largest absolute Gasteiger partial charge is 0.392 e. The number of aliphatic hydroxyl groups is 1. The van der Waals surface area contributed by atoms with Crippen molar-refractivity contribution in [1.29, 1.82) is 0 Å². The van der Waals surface area contributed by atoms with Crippen LogP contribution in [0.1, 0.15) is 45.7 Å². The molecule has 0 bridgehead atoms. The quantitative estimate of drug-likeness (QED) is 0.839. The van der Waals surface area contributed by atoms with Gasteiger partial charge in [0.15, 0.2) is 0 Å². The number of nitrogens with one attached hydrogen (secondary N) is 1. The van der Waals surface area contributed by atoms with Gasteiger partial charge in [-0.05, 0) is 36.5 Å².